The second kappa shape index (κ2) is 4.81. The molecule has 1 aromatic heterocycles. The molecular formula is C15H20N4O3. The highest BCUT2D eigenvalue weighted by Crippen LogP contribution is 2.45. The van der Waals surface area contributed by atoms with Gasteiger partial charge in [0, 0.05) is 38.6 Å². The van der Waals surface area contributed by atoms with Crippen molar-refractivity contribution in [2.24, 2.45) is 17.3 Å². The van der Waals surface area contributed by atoms with Crippen LogP contribution in [0.25, 0.3) is 0 Å². The average molecular weight is 304 g/mol. The Bertz CT molecular complexity index is 598. The van der Waals surface area contributed by atoms with Crippen LogP contribution in [0.4, 0.5) is 0 Å². The van der Waals surface area contributed by atoms with Gasteiger partial charge in [-0.05, 0) is 18.8 Å². The Morgan fingerprint density at radius 3 is 2.86 bits per heavy atom. The van der Waals surface area contributed by atoms with E-state index in [1.807, 2.05) is 4.90 Å². The molecule has 7 nitrogen and oxygen atoms in total. The molecule has 3 aliphatic rings. The van der Waals surface area contributed by atoms with E-state index in [1.54, 1.807) is 17.3 Å². The summed E-state index contributed by atoms with van der Waals surface area (Å²) in [6.45, 7) is 2.58. The highest BCUT2D eigenvalue weighted by atomic mass is 16.4. The number of H-pyrrole nitrogens is 1. The van der Waals surface area contributed by atoms with E-state index in [9.17, 15) is 14.7 Å². The zero-order valence-electron chi connectivity index (χ0n) is 12.4. The number of aromatic amines is 1. The maximum atomic E-state index is 12.6. The van der Waals surface area contributed by atoms with E-state index >= 15 is 0 Å². The lowest BCUT2D eigenvalue weighted by atomic mass is 9.81. The number of hydrogen-bond donors (Lipinski definition) is 2. The molecule has 22 heavy (non-hydrogen) atoms. The van der Waals surface area contributed by atoms with Crippen LogP contribution in [0.1, 0.15) is 18.7 Å². The molecule has 1 saturated carbocycles. The van der Waals surface area contributed by atoms with Crippen LogP contribution in [-0.4, -0.2) is 62.9 Å². The standard InChI is InChI=1S/C15H20N4O3/c20-13-11-6-18(7-12-16-3-4-17-12)8-15(11,14(21)22)9-19(13)5-10-1-2-10/h3-4,10-11H,1-2,5-9H2,(H,16,17)(H,21,22)/t11-,15-/m0/s1. The SMILES string of the molecule is O=C1[C@@H]2CN(Cc3ncc[nH]3)C[C@]2(C(=O)O)CN1CC1CC1. The first-order chi connectivity index (χ1) is 10.6. The molecule has 4 rings (SSSR count). The Morgan fingerprint density at radius 1 is 1.45 bits per heavy atom. The van der Waals surface area contributed by atoms with E-state index in [0.717, 1.165) is 12.4 Å². The van der Waals surface area contributed by atoms with Crippen LogP contribution in [0.3, 0.4) is 0 Å². The Balaban J connectivity index is 1.52. The predicted octanol–water partition coefficient (Wildman–Crippen LogP) is 0.165. The van der Waals surface area contributed by atoms with Gasteiger partial charge < -0.3 is 15.0 Å². The summed E-state index contributed by atoms with van der Waals surface area (Å²) >= 11 is 0. The van der Waals surface area contributed by atoms with Gasteiger partial charge in [0.1, 0.15) is 11.2 Å². The van der Waals surface area contributed by atoms with Crippen molar-refractivity contribution in [3.05, 3.63) is 18.2 Å². The van der Waals surface area contributed by atoms with Gasteiger partial charge in [-0.25, -0.2) is 4.98 Å². The molecule has 0 bridgehead atoms. The predicted molar refractivity (Wildman–Crippen MR) is 76.7 cm³/mol. The average Bonchev–Trinajstić information content (AvgIpc) is 2.91. The first-order valence-corrected chi connectivity index (χ1v) is 7.81. The van der Waals surface area contributed by atoms with Crippen LogP contribution >= 0.6 is 0 Å². The minimum atomic E-state index is -0.946. The van der Waals surface area contributed by atoms with Crippen LogP contribution in [0, 0.1) is 17.3 Å². The van der Waals surface area contributed by atoms with Crippen molar-refractivity contribution < 1.29 is 14.7 Å². The van der Waals surface area contributed by atoms with Gasteiger partial charge in [0.2, 0.25) is 5.91 Å². The molecule has 118 valence electrons. The molecular weight excluding hydrogens is 284 g/mol. The first kappa shape index (κ1) is 13.8. The summed E-state index contributed by atoms with van der Waals surface area (Å²) in [5, 5.41) is 9.77. The van der Waals surface area contributed by atoms with E-state index < -0.39 is 17.3 Å². The van der Waals surface area contributed by atoms with Crippen molar-refractivity contribution in [1.82, 2.24) is 19.8 Å². The maximum absolute atomic E-state index is 12.6. The fourth-order valence-electron chi connectivity index (χ4n) is 3.89. The molecule has 2 N–H and O–H groups in total. The number of amides is 1. The van der Waals surface area contributed by atoms with Crippen LogP contribution in [0.5, 0.6) is 0 Å². The van der Waals surface area contributed by atoms with Gasteiger partial charge in [-0.15, -0.1) is 0 Å². The number of nitrogens with zero attached hydrogens (tertiary/aromatic N) is 3. The van der Waals surface area contributed by atoms with Crippen LogP contribution in [0.2, 0.25) is 0 Å². The third-order valence-electron chi connectivity index (χ3n) is 5.23. The number of aromatic nitrogens is 2. The second-order valence-corrected chi connectivity index (χ2v) is 6.88. The molecule has 0 radical (unpaired) electrons. The van der Waals surface area contributed by atoms with Gasteiger partial charge in [0.15, 0.2) is 0 Å². The van der Waals surface area contributed by atoms with E-state index in [4.69, 9.17) is 0 Å². The number of nitrogens with one attached hydrogen (secondary N) is 1. The fraction of sp³-hybridized carbons (Fsp3) is 0.667. The number of carboxylic acids is 1. The van der Waals surface area contributed by atoms with E-state index in [1.165, 1.54) is 12.8 Å². The fourth-order valence-corrected chi connectivity index (χ4v) is 3.89. The number of carbonyl (C=O) groups excluding carboxylic acids is 1. The molecule has 2 atom stereocenters. The Hall–Kier alpha value is -1.89. The molecule has 0 aromatic carbocycles. The maximum Gasteiger partial charge on any atom is 0.313 e. The van der Waals surface area contributed by atoms with Crippen molar-refractivity contribution in [2.45, 2.75) is 19.4 Å². The summed E-state index contributed by atoms with van der Waals surface area (Å²) in [5.41, 5.74) is -0.946. The summed E-state index contributed by atoms with van der Waals surface area (Å²) in [4.78, 5) is 35.6. The lowest BCUT2D eigenvalue weighted by Crippen LogP contribution is -2.41. The van der Waals surface area contributed by atoms with Crippen molar-refractivity contribution in [1.29, 1.82) is 0 Å². The second-order valence-electron chi connectivity index (χ2n) is 6.88. The largest absolute Gasteiger partial charge is 0.481 e. The molecule has 1 amide bonds. The number of fused-ring (bicyclic) bond motifs is 1. The molecule has 1 aliphatic carbocycles. The Kier molecular flexibility index (Phi) is 3.00. The number of likely N-dealkylation sites (tertiary alicyclic amines) is 2. The van der Waals surface area contributed by atoms with Gasteiger partial charge in [-0.2, -0.15) is 0 Å². The summed E-state index contributed by atoms with van der Waals surface area (Å²) < 4.78 is 0. The van der Waals surface area contributed by atoms with Crippen molar-refractivity contribution >= 4 is 11.9 Å². The highest BCUT2D eigenvalue weighted by molar-refractivity contribution is 5.92. The van der Waals surface area contributed by atoms with Gasteiger partial charge in [-0.3, -0.25) is 14.5 Å². The number of rotatable bonds is 5. The van der Waals surface area contributed by atoms with Gasteiger partial charge in [-0.1, -0.05) is 0 Å². The minimum Gasteiger partial charge on any atom is -0.481 e. The smallest absolute Gasteiger partial charge is 0.313 e. The first-order valence-electron chi connectivity index (χ1n) is 7.81. The van der Waals surface area contributed by atoms with E-state index in [0.29, 0.717) is 32.1 Å². The summed E-state index contributed by atoms with van der Waals surface area (Å²) in [7, 11) is 0. The van der Waals surface area contributed by atoms with Crippen LogP contribution in [-0.2, 0) is 16.1 Å². The number of carboxylic acid groups (broad SMARTS) is 1. The number of hydrogen-bond acceptors (Lipinski definition) is 4. The minimum absolute atomic E-state index is 0.0243. The third kappa shape index (κ3) is 2.11. The lowest BCUT2D eigenvalue weighted by Gasteiger charge is -2.24. The van der Waals surface area contributed by atoms with Gasteiger partial charge in [0.05, 0.1) is 12.5 Å². The van der Waals surface area contributed by atoms with E-state index in [-0.39, 0.29) is 5.91 Å². The zero-order chi connectivity index (χ0) is 15.3. The summed E-state index contributed by atoms with van der Waals surface area (Å²) in [6, 6.07) is 0. The normalized spacial score (nSPS) is 31.7. The number of aliphatic carboxylic acids is 1. The molecule has 0 unspecified atom stereocenters. The van der Waals surface area contributed by atoms with Crippen LogP contribution < -0.4 is 0 Å². The number of imidazole rings is 1. The topological polar surface area (TPSA) is 89.5 Å². The highest BCUT2D eigenvalue weighted by Gasteiger charge is 2.62. The van der Waals surface area contributed by atoms with Gasteiger partial charge >= 0.3 is 5.97 Å². The number of carbonyl (C=O) groups is 2. The molecule has 3 heterocycles. The molecule has 3 fully saturated rings. The summed E-state index contributed by atoms with van der Waals surface area (Å²) in [5.74, 6) is 0.164. The Morgan fingerprint density at radius 2 is 2.27 bits per heavy atom. The molecule has 2 saturated heterocycles. The molecule has 1 aromatic rings. The molecule has 7 heteroatoms. The van der Waals surface area contributed by atoms with Crippen molar-refractivity contribution in [3.8, 4) is 0 Å². The van der Waals surface area contributed by atoms with E-state index in [2.05, 4.69) is 9.97 Å². The monoisotopic (exact) mass is 304 g/mol. The van der Waals surface area contributed by atoms with Crippen molar-refractivity contribution in [3.63, 3.8) is 0 Å². The zero-order valence-corrected chi connectivity index (χ0v) is 12.4. The van der Waals surface area contributed by atoms with Gasteiger partial charge in [0.25, 0.3) is 0 Å². The van der Waals surface area contributed by atoms with Crippen LogP contribution in [0.15, 0.2) is 12.4 Å². The Labute approximate surface area is 128 Å². The molecule has 2 aliphatic heterocycles. The molecule has 0 spiro atoms. The lowest BCUT2D eigenvalue weighted by molar-refractivity contribution is -0.149. The van der Waals surface area contributed by atoms with Crippen molar-refractivity contribution in [2.75, 3.05) is 26.2 Å². The quantitative estimate of drug-likeness (QED) is 0.809. The third-order valence-corrected chi connectivity index (χ3v) is 5.23. The summed E-state index contributed by atoms with van der Waals surface area (Å²) in [6.07, 6.45) is 5.77.